The van der Waals surface area contributed by atoms with E-state index < -0.39 is 17.2 Å². The van der Waals surface area contributed by atoms with Crippen LogP contribution in [0.1, 0.15) is 32.6 Å². The first-order valence-electron chi connectivity index (χ1n) is 11.5. The molecule has 3 aromatic rings. The van der Waals surface area contributed by atoms with Crippen molar-refractivity contribution in [2.75, 3.05) is 45.1 Å². The minimum atomic E-state index is -1.28. The average molecular weight is 485 g/mol. The number of nitrogens with zero attached hydrogens (tertiary/aromatic N) is 3. The molecule has 8 heteroatoms. The lowest BCUT2D eigenvalue weighted by atomic mass is 9.67. The number of rotatable bonds is 4. The zero-order chi connectivity index (χ0) is 25.8. The van der Waals surface area contributed by atoms with Gasteiger partial charge >= 0.3 is 11.7 Å². The predicted octanol–water partition coefficient (Wildman–Crippen LogP) is 3.45. The van der Waals surface area contributed by atoms with E-state index in [2.05, 4.69) is 4.85 Å². The number of ether oxygens (including phenoxy) is 2. The van der Waals surface area contributed by atoms with E-state index in [1.54, 1.807) is 18.2 Å². The highest BCUT2D eigenvalue weighted by molar-refractivity contribution is 6.53. The maximum atomic E-state index is 13.6. The monoisotopic (exact) mass is 484 g/mol. The maximum Gasteiger partial charge on any atom is 0.439 e. The number of anilines is 2. The van der Waals surface area contributed by atoms with Gasteiger partial charge in [0.15, 0.2) is 10.3 Å². The molecule has 8 nitrogen and oxygen atoms in total. The van der Waals surface area contributed by atoms with Crippen molar-refractivity contribution in [3.63, 3.8) is 0 Å². The number of hydrogen-bond acceptors (Lipinski definition) is 7. The Morgan fingerprint density at radius 3 is 1.97 bits per heavy atom. The molecule has 2 aliphatic rings. The third-order valence-electron chi connectivity index (χ3n) is 6.96. The van der Waals surface area contributed by atoms with Crippen molar-refractivity contribution < 1.29 is 19.1 Å². The zero-order valence-electron chi connectivity index (χ0n) is 20.8. The largest absolute Gasteiger partial charge is 0.469 e. The van der Waals surface area contributed by atoms with Gasteiger partial charge in [0.25, 0.3) is 5.78 Å². The third kappa shape index (κ3) is 3.22. The minimum Gasteiger partial charge on any atom is -0.469 e. The van der Waals surface area contributed by atoms with Crippen LogP contribution in [0.4, 0.5) is 11.4 Å². The average Bonchev–Trinajstić information content (AvgIpc) is 3.10. The van der Waals surface area contributed by atoms with E-state index in [0.29, 0.717) is 39.3 Å². The fraction of sp³-hybridized carbons (Fsp3) is 0.250. The molecule has 1 heterocycles. The Hall–Kier alpha value is -4.42. The number of esters is 1. The number of nitroso groups, excluding NO2 is 1. The molecular formula is C28H26N3O5+. The number of fused-ring (bicyclic) bond motifs is 6. The van der Waals surface area contributed by atoms with Gasteiger partial charge in [-0.05, 0) is 23.3 Å². The quantitative estimate of drug-likeness (QED) is 0.414. The van der Waals surface area contributed by atoms with E-state index in [1.165, 1.54) is 7.11 Å². The van der Waals surface area contributed by atoms with Gasteiger partial charge in [-0.2, -0.15) is 0 Å². The van der Waals surface area contributed by atoms with E-state index in [1.807, 2.05) is 74.4 Å². The molecule has 182 valence electrons. The summed E-state index contributed by atoms with van der Waals surface area (Å²) in [5.74, 6) is 0.233. The molecule has 0 amide bonds. The van der Waals surface area contributed by atoms with Crippen molar-refractivity contribution in [2.45, 2.75) is 11.8 Å². The Balaban J connectivity index is 1.88. The lowest BCUT2D eigenvalue weighted by Gasteiger charge is -2.35. The topological polar surface area (TPSA) is 90.2 Å². The lowest BCUT2D eigenvalue weighted by molar-refractivity contribution is -0.139. The number of carbonyl (C=O) groups excluding carboxylic acids is 2. The van der Waals surface area contributed by atoms with Crippen LogP contribution >= 0.6 is 0 Å². The zero-order valence-corrected chi connectivity index (χ0v) is 20.8. The van der Waals surface area contributed by atoms with Crippen LogP contribution in [0.3, 0.4) is 0 Å². The summed E-state index contributed by atoms with van der Waals surface area (Å²) in [7, 11) is 9.04. The second kappa shape index (κ2) is 8.36. The van der Waals surface area contributed by atoms with Crippen LogP contribution in [0.15, 0.2) is 54.6 Å². The second-order valence-corrected chi connectivity index (χ2v) is 9.40. The Morgan fingerprint density at radius 2 is 1.47 bits per heavy atom. The van der Waals surface area contributed by atoms with Gasteiger partial charge in [0.2, 0.25) is 4.85 Å². The summed E-state index contributed by atoms with van der Waals surface area (Å²) in [6, 6.07) is 16.6. The van der Waals surface area contributed by atoms with Gasteiger partial charge < -0.3 is 19.3 Å². The first-order valence-corrected chi connectivity index (χ1v) is 11.5. The van der Waals surface area contributed by atoms with Crippen molar-refractivity contribution in [3.05, 3.63) is 87.3 Å². The first kappa shape index (κ1) is 23.3. The van der Waals surface area contributed by atoms with E-state index in [0.717, 1.165) is 11.4 Å². The number of hydrogen-bond donors (Lipinski definition) is 0. The van der Waals surface area contributed by atoms with Gasteiger partial charge in [-0.3, -0.25) is 9.59 Å². The fourth-order valence-corrected chi connectivity index (χ4v) is 5.16. The highest BCUT2D eigenvalue weighted by Crippen LogP contribution is 2.57. The highest BCUT2D eigenvalue weighted by atomic mass is 16.5. The number of ketones is 1. The van der Waals surface area contributed by atoms with Crippen LogP contribution in [0.2, 0.25) is 0 Å². The molecular weight excluding hydrogens is 458 g/mol. The molecule has 0 saturated heterocycles. The van der Waals surface area contributed by atoms with Crippen LogP contribution in [0.25, 0.3) is 0 Å². The molecule has 0 radical (unpaired) electrons. The van der Waals surface area contributed by atoms with Gasteiger partial charge in [0, 0.05) is 68.4 Å². The standard InChI is InChI=1S/C28H26N3O5/c1-30(2)17-7-10-20-23(14-17)36-24-15-18(31(3)4)8-11-21(24)28(20)22-12-16(13-25(32)35-5)6-9-19(22)26(33)27(28)29-34/h6-12,14-15H,13H2,1-5H3/q+1. The number of methoxy groups -OCH3 is 1. The molecule has 1 aliphatic heterocycles. The van der Waals surface area contributed by atoms with E-state index in [9.17, 15) is 14.5 Å². The molecule has 36 heavy (non-hydrogen) atoms. The van der Waals surface area contributed by atoms with Crippen molar-refractivity contribution >= 4 is 28.8 Å². The fourth-order valence-electron chi connectivity index (χ4n) is 5.16. The summed E-state index contributed by atoms with van der Waals surface area (Å²) in [4.78, 5) is 45.3. The summed E-state index contributed by atoms with van der Waals surface area (Å²) in [5, 5.41) is 0. The Labute approximate surface area is 208 Å². The lowest BCUT2D eigenvalue weighted by Crippen LogP contribution is -2.40. The molecule has 0 unspecified atom stereocenters. The van der Waals surface area contributed by atoms with Crippen LogP contribution in [0, 0.1) is 4.91 Å². The summed E-state index contributed by atoms with van der Waals surface area (Å²) in [6.45, 7) is 0. The number of Topliss-reactive ketones (excluding diaryl/α,β-unsaturated/α-hetero) is 1. The summed E-state index contributed by atoms with van der Waals surface area (Å²) in [5.41, 5.74) is 3.36. The second-order valence-electron chi connectivity index (χ2n) is 9.40. The van der Waals surface area contributed by atoms with Gasteiger partial charge in [-0.25, -0.2) is 0 Å². The molecule has 0 bridgehead atoms. The molecule has 0 aromatic heterocycles. The summed E-state index contributed by atoms with van der Waals surface area (Å²) in [6.07, 6.45) is 0.0350. The van der Waals surface area contributed by atoms with E-state index in [-0.39, 0.29) is 12.1 Å². The van der Waals surface area contributed by atoms with Crippen LogP contribution in [0.5, 0.6) is 11.5 Å². The minimum absolute atomic E-state index is 0.0350. The van der Waals surface area contributed by atoms with Gasteiger partial charge in [0.05, 0.1) is 13.5 Å². The summed E-state index contributed by atoms with van der Waals surface area (Å²) >= 11 is 0. The van der Waals surface area contributed by atoms with Gasteiger partial charge in [0.1, 0.15) is 11.5 Å². The molecule has 3 aromatic carbocycles. The molecule has 1 aliphatic carbocycles. The highest BCUT2D eigenvalue weighted by Gasteiger charge is 2.64. The molecule has 5 rings (SSSR count). The van der Waals surface area contributed by atoms with E-state index in [4.69, 9.17) is 9.47 Å². The van der Waals surface area contributed by atoms with Crippen molar-refractivity contribution in [1.82, 2.24) is 4.85 Å². The molecule has 1 spiro atoms. The molecule has 0 N–H and O–H groups in total. The van der Waals surface area contributed by atoms with Gasteiger partial charge in [-0.15, -0.1) is 0 Å². The van der Waals surface area contributed by atoms with Crippen molar-refractivity contribution in [3.8, 4) is 11.5 Å². The smallest absolute Gasteiger partial charge is 0.439 e. The Kier molecular flexibility index (Phi) is 5.42. The SMILES string of the molecule is COC(=O)Cc1ccc2c(c1)C1(C(=[N+]=O)C2=O)c2ccc(N(C)C)cc2Oc2cc(N(C)C)ccc21. The summed E-state index contributed by atoms with van der Waals surface area (Å²) < 4.78 is 11.3. The maximum absolute atomic E-state index is 13.6. The first-order chi connectivity index (χ1) is 17.2. The molecule has 0 atom stereocenters. The van der Waals surface area contributed by atoms with Crippen molar-refractivity contribution in [1.29, 1.82) is 0 Å². The van der Waals surface area contributed by atoms with Crippen molar-refractivity contribution in [2.24, 2.45) is 0 Å². The van der Waals surface area contributed by atoms with Crippen LogP contribution in [-0.4, -0.2) is 52.8 Å². The number of benzene rings is 3. The van der Waals surface area contributed by atoms with Crippen LogP contribution < -0.4 is 19.4 Å². The molecule has 0 fully saturated rings. The molecule has 0 saturated carbocycles. The Bertz CT molecular complexity index is 1430. The predicted molar refractivity (Wildman–Crippen MR) is 138 cm³/mol. The van der Waals surface area contributed by atoms with Crippen LogP contribution in [-0.2, 0) is 21.4 Å². The Morgan fingerprint density at radius 1 is 0.889 bits per heavy atom. The van der Waals surface area contributed by atoms with E-state index >= 15 is 0 Å². The van der Waals surface area contributed by atoms with Gasteiger partial charge in [-0.1, -0.05) is 30.3 Å². The number of carbonyl (C=O) groups is 2. The normalized spacial score (nSPS) is 14.4. The third-order valence-corrected chi connectivity index (χ3v) is 6.96.